The average Bonchev–Trinajstić information content (AvgIpc) is 3.61. The Labute approximate surface area is 241 Å². The summed E-state index contributed by atoms with van der Waals surface area (Å²) in [5.74, 6) is 6.34. The number of benzene rings is 1. The van der Waals surface area contributed by atoms with Gasteiger partial charge in [0.2, 0.25) is 0 Å². The predicted molar refractivity (Wildman–Crippen MR) is 160 cm³/mol. The molecule has 1 unspecified atom stereocenters. The van der Waals surface area contributed by atoms with Crippen LogP contribution < -0.4 is 16.6 Å². The van der Waals surface area contributed by atoms with Crippen molar-refractivity contribution >= 4 is 34.7 Å². The Kier molecular flexibility index (Phi) is 8.01. The van der Waals surface area contributed by atoms with Gasteiger partial charge in [0.05, 0.1) is 23.3 Å². The van der Waals surface area contributed by atoms with Crippen LogP contribution in [0.1, 0.15) is 46.0 Å². The second-order valence-corrected chi connectivity index (χ2v) is 9.36. The lowest BCUT2D eigenvalue weighted by Crippen LogP contribution is -2.34. The summed E-state index contributed by atoms with van der Waals surface area (Å²) in [5.41, 5.74) is 8.47. The van der Waals surface area contributed by atoms with Crippen molar-refractivity contribution in [3.05, 3.63) is 106 Å². The summed E-state index contributed by atoms with van der Waals surface area (Å²) in [6, 6.07) is 8.30. The Morgan fingerprint density at radius 1 is 1.24 bits per heavy atom. The number of rotatable bonds is 8. The van der Waals surface area contributed by atoms with E-state index in [1.165, 1.54) is 17.0 Å². The van der Waals surface area contributed by atoms with Crippen LogP contribution in [0, 0.1) is 11.8 Å². The summed E-state index contributed by atoms with van der Waals surface area (Å²) in [4.78, 5) is 47.8. The SMILES string of the molecule is C=C/C=N\c1c(C(=O)NC(C)c2nc3cccc(C#Cc4cccnc4)c3c(=O)n2CCc2cnc[nH]2)c(N)nn1C. The third kappa shape index (κ3) is 5.71. The summed E-state index contributed by atoms with van der Waals surface area (Å²) in [6.45, 7) is 5.66. The lowest BCUT2D eigenvalue weighted by molar-refractivity contribution is 0.0939. The number of pyridine rings is 1. The lowest BCUT2D eigenvalue weighted by atomic mass is 10.1. The van der Waals surface area contributed by atoms with Gasteiger partial charge in [-0.05, 0) is 31.2 Å². The highest BCUT2D eigenvalue weighted by Crippen LogP contribution is 2.25. The van der Waals surface area contributed by atoms with Gasteiger partial charge in [0.15, 0.2) is 11.6 Å². The number of aromatic amines is 1. The Bertz CT molecular complexity index is 1910. The number of nitrogens with one attached hydrogen (secondary N) is 2. The molecule has 1 aromatic carbocycles. The molecule has 1 atom stereocenters. The van der Waals surface area contributed by atoms with Crippen LogP contribution in [0.4, 0.5) is 11.6 Å². The first kappa shape index (κ1) is 27.7. The van der Waals surface area contributed by atoms with E-state index in [4.69, 9.17) is 10.7 Å². The summed E-state index contributed by atoms with van der Waals surface area (Å²) in [6.07, 6.45) is 10.0. The Morgan fingerprint density at radius 2 is 2.10 bits per heavy atom. The van der Waals surface area contributed by atoms with Crippen LogP contribution in [0.3, 0.4) is 0 Å². The third-order valence-electron chi connectivity index (χ3n) is 6.48. The van der Waals surface area contributed by atoms with Crippen molar-refractivity contribution in [3.63, 3.8) is 0 Å². The maximum Gasteiger partial charge on any atom is 0.262 e. The van der Waals surface area contributed by atoms with E-state index in [9.17, 15) is 9.59 Å². The number of nitrogens with two attached hydrogens (primary N) is 1. The van der Waals surface area contributed by atoms with Crippen molar-refractivity contribution < 1.29 is 4.79 Å². The molecule has 0 spiro atoms. The molecule has 210 valence electrons. The van der Waals surface area contributed by atoms with Crippen LogP contribution in [0.2, 0.25) is 0 Å². The number of carbonyl (C=O) groups is 1. The first-order valence-corrected chi connectivity index (χ1v) is 13.1. The standard InChI is InChI=1S/C30H28N10O2/c1-4-13-34-28-25(26(31)38-39(28)3)29(41)36-19(2)27-37-23-9-5-8-21(11-10-20-7-6-14-32-16-20)24(23)30(42)40(27)15-12-22-17-33-18-35-22/h4-9,13-14,16-19H,1,12,15H2,2-3H3,(H2,31,38)(H,33,35)(H,36,41)/b34-13-. The maximum atomic E-state index is 14.1. The first-order valence-electron chi connectivity index (χ1n) is 13.1. The van der Waals surface area contributed by atoms with Crippen LogP contribution in [0.25, 0.3) is 10.9 Å². The number of aryl methyl sites for hydroxylation is 2. The highest BCUT2D eigenvalue weighted by molar-refractivity contribution is 6.03. The molecule has 0 fully saturated rings. The smallest absolute Gasteiger partial charge is 0.262 e. The van der Waals surface area contributed by atoms with Gasteiger partial charge in [-0.3, -0.25) is 19.1 Å². The molecule has 0 bridgehead atoms. The van der Waals surface area contributed by atoms with Crippen molar-refractivity contribution in [2.75, 3.05) is 5.73 Å². The van der Waals surface area contributed by atoms with Crippen molar-refractivity contribution in [2.45, 2.75) is 25.9 Å². The van der Waals surface area contributed by atoms with Gasteiger partial charge in [-0.15, -0.1) is 0 Å². The molecule has 12 nitrogen and oxygen atoms in total. The number of aromatic nitrogens is 7. The third-order valence-corrected chi connectivity index (χ3v) is 6.48. The molecule has 4 N–H and O–H groups in total. The minimum atomic E-state index is -0.683. The van der Waals surface area contributed by atoms with E-state index < -0.39 is 11.9 Å². The van der Waals surface area contributed by atoms with Crippen molar-refractivity contribution in [1.29, 1.82) is 0 Å². The number of hydrogen-bond donors (Lipinski definition) is 3. The fourth-order valence-electron chi connectivity index (χ4n) is 4.52. The molecular formula is C30H28N10O2. The van der Waals surface area contributed by atoms with Crippen LogP contribution >= 0.6 is 0 Å². The summed E-state index contributed by atoms with van der Waals surface area (Å²) >= 11 is 0. The minimum absolute atomic E-state index is 0.0263. The van der Waals surface area contributed by atoms with E-state index >= 15 is 0 Å². The number of carbonyl (C=O) groups excluding carboxylic acids is 1. The van der Waals surface area contributed by atoms with E-state index in [2.05, 4.69) is 48.8 Å². The number of fused-ring (bicyclic) bond motifs is 1. The number of amides is 1. The van der Waals surface area contributed by atoms with Gasteiger partial charge >= 0.3 is 0 Å². The Hall–Kier alpha value is -5.83. The van der Waals surface area contributed by atoms with Crippen molar-refractivity contribution in [3.8, 4) is 11.8 Å². The average molecular weight is 561 g/mol. The highest BCUT2D eigenvalue weighted by atomic mass is 16.2. The van der Waals surface area contributed by atoms with E-state index in [0.717, 1.165) is 11.3 Å². The number of anilines is 1. The van der Waals surface area contributed by atoms with Crippen molar-refractivity contribution in [1.82, 2.24) is 39.6 Å². The summed E-state index contributed by atoms with van der Waals surface area (Å²) in [5, 5.41) is 7.44. The van der Waals surface area contributed by atoms with Gasteiger partial charge in [-0.1, -0.05) is 30.6 Å². The van der Waals surface area contributed by atoms with Gasteiger partial charge < -0.3 is 16.0 Å². The predicted octanol–water partition coefficient (Wildman–Crippen LogP) is 2.85. The summed E-state index contributed by atoms with van der Waals surface area (Å²) < 4.78 is 2.98. The van der Waals surface area contributed by atoms with Crippen LogP contribution in [-0.4, -0.2) is 46.4 Å². The van der Waals surface area contributed by atoms with E-state index in [-0.39, 0.29) is 29.3 Å². The number of imidazole rings is 1. The molecule has 0 saturated carbocycles. The molecule has 42 heavy (non-hydrogen) atoms. The second kappa shape index (κ2) is 12.1. The number of nitrogen functional groups attached to an aromatic ring is 1. The van der Waals surface area contributed by atoms with Gasteiger partial charge in [0.1, 0.15) is 11.4 Å². The number of H-pyrrole nitrogens is 1. The molecule has 0 aliphatic rings. The van der Waals surface area contributed by atoms with Crippen LogP contribution in [-0.2, 0) is 20.0 Å². The molecule has 5 aromatic rings. The van der Waals surface area contributed by atoms with Gasteiger partial charge in [-0.25, -0.2) is 19.6 Å². The number of allylic oxidation sites excluding steroid dienone is 1. The topological polar surface area (TPSA) is 162 Å². The highest BCUT2D eigenvalue weighted by Gasteiger charge is 2.25. The molecule has 12 heteroatoms. The van der Waals surface area contributed by atoms with Crippen molar-refractivity contribution in [2.24, 2.45) is 12.0 Å². The molecule has 0 saturated heterocycles. The maximum absolute atomic E-state index is 14.1. The molecule has 4 heterocycles. The largest absolute Gasteiger partial charge is 0.381 e. The van der Waals surface area contributed by atoms with Gasteiger partial charge in [0.25, 0.3) is 11.5 Å². The summed E-state index contributed by atoms with van der Waals surface area (Å²) in [7, 11) is 1.64. The van der Waals surface area contributed by atoms with Gasteiger partial charge in [-0.2, -0.15) is 5.10 Å². The molecule has 0 aliphatic carbocycles. The zero-order chi connectivity index (χ0) is 29.6. The van der Waals surface area contributed by atoms with E-state index in [0.29, 0.717) is 28.7 Å². The molecule has 0 radical (unpaired) electrons. The van der Waals surface area contributed by atoms with Gasteiger partial charge in [0, 0.05) is 61.6 Å². The number of aliphatic imine (C=N–C) groups is 1. The molecule has 0 aliphatic heterocycles. The first-order chi connectivity index (χ1) is 20.4. The van der Waals surface area contributed by atoms with E-state index in [1.807, 2.05) is 6.07 Å². The molecule has 1 amide bonds. The molecular weight excluding hydrogens is 532 g/mol. The second-order valence-electron chi connectivity index (χ2n) is 9.36. The van der Waals surface area contributed by atoms with Crippen LogP contribution in [0.5, 0.6) is 0 Å². The fraction of sp³-hybridized carbons (Fsp3) is 0.167. The normalized spacial score (nSPS) is 11.8. The number of hydrogen-bond acceptors (Lipinski definition) is 8. The van der Waals surface area contributed by atoms with E-state index in [1.54, 1.807) is 67.7 Å². The monoisotopic (exact) mass is 560 g/mol. The fourth-order valence-corrected chi connectivity index (χ4v) is 4.52. The number of nitrogens with zero attached hydrogens (tertiary/aromatic N) is 7. The lowest BCUT2D eigenvalue weighted by Gasteiger charge is -2.20. The zero-order valence-electron chi connectivity index (χ0n) is 23.1. The molecule has 4 aromatic heterocycles. The minimum Gasteiger partial charge on any atom is -0.381 e. The molecule has 5 rings (SSSR count). The Morgan fingerprint density at radius 3 is 2.83 bits per heavy atom. The quantitative estimate of drug-likeness (QED) is 0.194. The van der Waals surface area contributed by atoms with Crippen LogP contribution in [0.15, 0.2) is 77.7 Å². The zero-order valence-corrected chi connectivity index (χ0v) is 23.1. The Balaban J connectivity index is 1.57.